The molecule has 0 atom stereocenters. The smallest absolute Gasteiger partial charge is 0.365 e. The molecule has 3 nitrogen and oxygen atoms in total. The normalized spacial score (nSPS) is 17.0. The molecule has 128 valence electrons. The highest BCUT2D eigenvalue weighted by Gasteiger charge is 2.35. The van der Waals surface area contributed by atoms with Gasteiger partial charge in [-0.05, 0) is 38.5 Å². The van der Waals surface area contributed by atoms with Crippen LogP contribution in [0.3, 0.4) is 0 Å². The molecule has 0 saturated carbocycles. The van der Waals surface area contributed by atoms with Crippen LogP contribution in [0, 0.1) is 0 Å². The third kappa shape index (κ3) is 2.32. The zero-order valence-electron chi connectivity index (χ0n) is 14.2. The van der Waals surface area contributed by atoms with Gasteiger partial charge in [0.2, 0.25) is 0 Å². The largest absolute Gasteiger partial charge is 0.417 e. The van der Waals surface area contributed by atoms with Crippen molar-refractivity contribution in [2.45, 2.75) is 32.5 Å². The van der Waals surface area contributed by atoms with Gasteiger partial charge in [-0.15, -0.1) is 0 Å². The van der Waals surface area contributed by atoms with Crippen molar-refractivity contribution in [2.24, 2.45) is 7.05 Å². The maximum atomic E-state index is 13.4. The summed E-state index contributed by atoms with van der Waals surface area (Å²) in [6.07, 6.45) is -2.53. The maximum absolute atomic E-state index is 13.4. The fourth-order valence-corrected chi connectivity index (χ4v) is 3.33. The molecule has 1 aliphatic rings. The molecule has 0 radical (unpaired) electrons. The first-order chi connectivity index (χ1) is 10.9. The second kappa shape index (κ2) is 4.88. The lowest BCUT2D eigenvalue weighted by Gasteiger charge is -2.41. The fourth-order valence-electron chi connectivity index (χ4n) is 3.33. The predicted molar refractivity (Wildman–Crippen MR) is 90.3 cm³/mol. The van der Waals surface area contributed by atoms with E-state index in [2.05, 4.69) is 0 Å². The van der Waals surface area contributed by atoms with E-state index in [0.29, 0.717) is 6.07 Å². The van der Waals surface area contributed by atoms with Crippen LogP contribution in [-0.2, 0) is 13.2 Å². The van der Waals surface area contributed by atoms with E-state index in [-0.39, 0.29) is 16.4 Å². The molecule has 3 rings (SSSR count). The first kappa shape index (κ1) is 16.6. The Kier molecular flexibility index (Phi) is 3.38. The summed E-state index contributed by atoms with van der Waals surface area (Å²) >= 11 is 0. The van der Waals surface area contributed by atoms with Crippen LogP contribution in [-0.4, -0.2) is 17.2 Å². The number of likely N-dealkylation sites (N-methyl/N-ethyl adjacent to an activating group) is 1. The molecule has 2 aromatic rings. The quantitative estimate of drug-likeness (QED) is 0.721. The van der Waals surface area contributed by atoms with Crippen molar-refractivity contribution in [3.63, 3.8) is 0 Å². The Balaban J connectivity index is 2.47. The van der Waals surface area contributed by atoms with Crippen LogP contribution in [0.2, 0.25) is 0 Å². The zero-order chi connectivity index (χ0) is 18.0. The highest BCUT2D eigenvalue weighted by Crippen LogP contribution is 2.42. The molecule has 24 heavy (non-hydrogen) atoms. The number of allylic oxidation sites excluding steroid dienone is 1. The van der Waals surface area contributed by atoms with Crippen molar-refractivity contribution >= 4 is 22.2 Å². The van der Waals surface area contributed by atoms with Gasteiger partial charge in [-0.25, -0.2) is 0 Å². The number of rotatable bonds is 0. The van der Waals surface area contributed by atoms with Crippen LogP contribution in [0.25, 0.3) is 16.5 Å². The molecule has 0 amide bonds. The Morgan fingerprint density at radius 1 is 1.08 bits per heavy atom. The number of benzene rings is 1. The number of pyridine rings is 1. The molecule has 1 aliphatic heterocycles. The maximum Gasteiger partial charge on any atom is 0.417 e. The lowest BCUT2D eigenvalue weighted by molar-refractivity contribution is -0.136. The minimum Gasteiger partial charge on any atom is -0.365 e. The molecule has 1 aromatic heterocycles. The Hall–Kier alpha value is -2.24. The van der Waals surface area contributed by atoms with Gasteiger partial charge in [-0.2, -0.15) is 13.2 Å². The average molecular weight is 336 g/mol. The highest BCUT2D eigenvalue weighted by molar-refractivity contribution is 5.94. The number of hydrogen-bond acceptors (Lipinski definition) is 2. The number of aromatic nitrogens is 1. The van der Waals surface area contributed by atoms with Crippen molar-refractivity contribution in [1.82, 2.24) is 4.57 Å². The third-order valence-corrected chi connectivity index (χ3v) is 4.89. The molecular formula is C18H19F3N2O. The van der Waals surface area contributed by atoms with Crippen LogP contribution >= 0.6 is 0 Å². The van der Waals surface area contributed by atoms with Crippen molar-refractivity contribution < 1.29 is 13.2 Å². The number of alkyl halides is 3. The molecular weight excluding hydrogens is 317 g/mol. The van der Waals surface area contributed by atoms with Gasteiger partial charge >= 0.3 is 6.18 Å². The van der Waals surface area contributed by atoms with Gasteiger partial charge in [-0.3, -0.25) is 4.79 Å². The van der Waals surface area contributed by atoms with Crippen molar-refractivity contribution in [3.05, 3.63) is 45.8 Å². The zero-order valence-corrected chi connectivity index (χ0v) is 14.2. The van der Waals surface area contributed by atoms with Gasteiger partial charge < -0.3 is 9.47 Å². The molecule has 0 aliphatic carbocycles. The molecule has 0 fully saturated rings. The summed E-state index contributed by atoms with van der Waals surface area (Å²) < 4.78 is 41.4. The predicted octanol–water partition coefficient (Wildman–Crippen LogP) is 4.19. The summed E-state index contributed by atoms with van der Waals surface area (Å²) in [4.78, 5) is 14.0. The molecule has 0 bridgehead atoms. The number of anilines is 1. The van der Waals surface area contributed by atoms with Gasteiger partial charge in [0.15, 0.2) is 0 Å². The summed E-state index contributed by atoms with van der Waals surface area (Å²) in [6, 6.07) is 3.90. The third-order valence-electron chi connectivity index (χ3n) is 4.89. The van der Waals surface area contributed by atoms with E-state index >= 15 is 0 Å². The lowest BCUT2D eigenvalue weighted by atomic mass is 9.88. The summed E-state index contributed by atoms with van der Waals surface area (Å²) in [7, 11) is 3.40. The second-order valence-corrected chi connectivity index (χ2v) is 6.88. The summed E-state index contributed by atoms with van der Waals surface area (Å²) in [5.41, 5.74) is 0.979. The Morgan fingerprint density at radius 2 is 1.71 bits per heavy atom. The van der Waals surface area contributed by atoms with E-state index < -0.39 is 17.3 Å². The Labute approximate surface area is 138 Å². The number of halogens is 3. The number of hydrogen-bond donors (Lipinski definition) is 0. The van der Waals surface area contributed by atoms with E-state index in [4.69, 9.17) is 0 Å². The number of nitrogens with zero attached hydrogens (tertiary/aromatic N) is 2. The lowest BCUT2D eigenvalue weighted by Crippen LogP contribution is -2.42. The monoisotopic (exact) mass is 336 g/mol. The minimum atomic E-state index is -4.57. The second-order valence-electron chi connectivity index (χ2n) is 6.88. The van der Waals surface area contributed by atoms with Crippen molar-refractivity contribution in [2.75, 3.05) is 11.9 Å². The topological polar surface area (TPSA) is 25.2 Å². The summed E-state index contributed by atoms with van der Waals surface area (Å²) in [5.74, 6) is 0. The first-order valence-corrected chi connectivity index (χ1v) is 7.62. The van der Waals surface area contributed by atoms with Gasteiger partial charge in [-0.1, -0.05) is 6.08 Å². The highest BCUT2D eigenvalue weighted by atomic mass is 19.4. The molecule has 0 N–H and O–H groups in total. The Morgan fingerprint density at radius 3 is 2.29 bits per heavy atom. The van der Waals surface area contributed by atoms with Crippen LogP contribution in [0.4, 0.5) is 18.9 Å². The Bertz CT molecular complexity index is 936. The van der Waals surface area contributed by atoms with Gasteiger partial charge in [0.25, 0.3) is 5.56 Å². The summed E-state index contributed by atoms with van der Waals surface area (Å²) in [6.45, 7) is 5.97. The van der Waals surface area contributed by atoms with Crippen molar-refractivity contribution in [1.29, 1.82) is 0 Å². The van der Waals surface area contributed by atoms with E-state index in [0.717, 1.165) is 16.8 Å². The average Bonchev–Trinajstić information content (AvgIpc) is 2.46. The van der Waals surface area contributed by atoms with Crippen LogP contribution in [0.5, 0.6) is 0 Å². The van der Waals surface area contributed by atoms with E-state index in [1.165, 1.54) is 11.6 Å². The number of fused-ring (bicyclic) bond motifs is 2. The molecule has 2 heterocycles. The van der Waals surface area contributed by atoms with E-state index in [1.807, 2.05) is 38.8 Å². The van der Waals surface area contributed by atoms with Gasteiger partial charge in [0.05, 0.1) is 16.6 Å². The van der Waals surface area contributed by atoms with Crippen LogP contribution in [0.15, 0.2) is 29.1 Å². The minimum absolute atomic E-state index is 0.0456. The molecule has 0 spiro atoms. The van der Waals surface area contributed by atoms with Gasteiger partial charge in [0, 0.05) is 36.8 Å². The molecule has 0 saturated heterocycles. The van der Waals surface area contributed by atoms with E-state index in [1.54, 1.807) is 12.1 Å². The molecule has 6 heteroatoms. The molecule has 0 unspecified atom stereocenters. The standard InChI is InChI=1S/C18H19F3N2O/c1-10-9-17(2,3)23(5)15-8-14-12(6-11(10)15)13(18(19,20)21)7-16(24)22(14)4/h6-9H,1-5H3. The number of aryl methyl sites for hydroxylation is 1. The van der Waals surface area contributed by atoms with Gasteiger partial charge in [0.1, 0.15) is 0 Å². The van der Waals surface area contributed by atoms with Crippen molar-refractivity contribution in [3.8, 4) is 0 Å². The fraction of sp³-hybridized carbons (Fsp3) is 0.389. The van der Waals surface area contributed by atoms with E-state index in [9.17, 15) is 18.0 Å². The summed E-state index contributed by atoms with van der Waals surface area (Å²) in [5, 5.41) is 0.0456. The first-order valence-electron chi connectivity index (χ1n) is 7.62. The van der Waals surface area contributed by atoms with Crippen LogP contribution in [0.1, 0.15) is 31.9 Å². The SMILES string of the molecule is CC1=CC(C)(C)N(C)c2cc3c(cc21)c(C(F)(F)F)cc(=O)n3C. The van der Waals surface area contributed by atoms with Crippen LogP contribution < -0.4 is 10.5 Å². The molecule has 1 aromatic carbocycles.